The number of nitrogens with one attached hydrogen (secondary N) is 1. The van der Waals surface area contributed by atoms with E-state index in [9.17, 15) is 9.59 Å². The molecule has 0 aliphatic rings. The predicted octanol–water partition coefficient (Wildman–Crippen LogP) is 3.09. The van der Waals surface area contributed by atoms with Gasteiger partial charge in [0, 0.05) is 6.54 Å². The molecule has 2 aromatic carbocycles. The van der Waals surface area contributed by atoms with E-state index >= 15 is 0 Å². The zero-order valence-corrected chi connectivity index (χ0v) is 15.2. The number of hydrogen-bond donors (Lipinski definition) is 1. The molecule has 0 saturated carbocycles. The highest BCUT2D eigenvalue weighted by atomic mass is 16.6. The number of hydrogen-bond acceptors (Lipinski definition) is 4. The van der Waals surface area contributed by atoms with Gasteiger partial charge in [0.1, 0.15) is 5.75 Å². The maximum absolute atomic E-state index is 11.8. The van der Waals surface area contributed by atoms with Gasteiger partial charge in [0.05, 0.1) is 0 Å². The monoisotopic (exact) mass is 355 g/mol. The maximum atomic E-state index is 11.8. The minimum atomic E-state index is -0.568. The second-order valence-corrected chi connectivity index (χ2v) is 6.23. The van der Waals surface area contributed by atoms with Crippen LogP contribution in [0.5, 0.6) is 5.75 Å². The summed E-state index contributed by atoms with van der Waals surface area (Å²) in [7, 11) is 0. The lowest BCUT2D eigenvalue weighted by Gasteiger charge is -2.13. The fraction of sp³-hybridized carbons (Fsp3) is 0.333. The molecular weight excluding hydrogens is 330 g/mol. The normalized spacial score (nSPS) is 10.4. The van der Waals surface area contributed by atoms with Gasteiger partial charge in [-0.05, 0) is 29.5 Å². The number of ether oxygens (including phenoxy) is 2. The van der Waals surface area contributed by atoms with E-state index < -0.39 is 5.97 Å². The van der Waals surface area contributed by atoms with Crippen LogP contribution in [-0.2, 0) is 20.7 Å². The van der Waals surface area contributed by atoms with Crippen LogP contribution in [0.15, 0.2) is 54.6 Å². The zero-order chi connectivity index (χ0) is 18.8. The first-order valence-corrected chi connectivity index (χ1v) is 8.74. The summed E-state index contributed by atoms with van der Waals surface area (Å²) in [5, 5.41) is 2.73. The lowest BCUT2D eigenvalue weighted by molar-refractivity contribution is -0.150. The molecule has 5 nitrogen and oxygen atoms in total. The van der Waals surface area contributed by atoms with Gasteiger partial charge < -0.3 is 14.8 Å². The van der Waals surface area contributed by atoms with E-state index in [1.165, 1.54) is 0 Å². The molecule has 0 aliphatic carbocycles. The van der Waals surface area contributed by atoms with Gasteiger partial charge in [-0.3, -0.25) is 4.79 Å². The molecule has 2 aromatic rings. The van der Waals surface area contributed by atoms with Crippen LogP contribution < -0.4 is 10.1 Å². The van der Waals surface area contributed by atoms with E-state index in [-0.39, 0.29) is 25.0 Å². The van der Waals surface area contributed by atoms with Crippen molar-refractivity contribution < 1.29 is 19.1 Å². The Kier molecular flexibility index (Phi) is 7.68. The molecule has 1 amide bonds. The number of para-hydroxylation sites is 1. The van der Waals surface area contributed by atoms with E-state index in [1.54, 1.807) is 0 Å². The fourth-order valence-corrected chi connectivity index (χ4v) is 2.46. The van der Waals surface area contributed by atoms with Crippen LogP contribution in [0.1, 0.15) is 30.9 Å². The molecule has 2 rings (SSSR count). The summed E-state index contributed by atoms with van der Waals surface area (Å²) in [6.07, 6.45) is 0.732. The van der Waals surface area contributed by atoms with Crippen LogP contribution in [-0.4, -0.2) is 31.6 Å². The van der Waals surface area contributed by atoms with Gasteiger partial charge in [0.25, 0.3) is 5.91 Å². The largest absolute Gasteiger partial charge is 0.482 e. The first kappa shape index (κ1) is 19.5. The van der Waals surface area contributed by atoms with Gasteiger partial charge >= 0.3 is 5.97 Å². The summed E-state index contributed by atoms with van der Waals surface area (Å²) in [4.78, 5) is 23.5. The molecule has 0 unspecified atom stereocenters. The Labute approximate surface area is 154 Å². The van der Waals surface area contributed by atoms with E-state index in [0.29, 0.717) is 12.3 Å². The van der Waals surface area contributed by atoms with Crippen molar-refractivity contribution in [2.45, 2.75) is 26.2 Å². The molecule has 0 saturated heterocycles. The Morgan fingerprint density at radius 2 is 1.65 bits per heavy atom. The Balaban J connectivity index is 1.66. The van der Waals surface area contributed by atoms with Gasteiger partial charge in [-0.1, -0.05) is 62.4 Å². The minimum Gasteiger partial charge on any atom is -0.482 e. The van der Waals surface area contributed by atoms with E-state index in [1.807, 2.05) is 54.6 Å². The van der Waals surface area contributed by atoms with E-state index in [2.05, 4.69) is 19.2 Å². The SMILES string of the molecule is CC(C)c1ccccc1OCC(=O)OCC(=O)NCCc1ccccc1. The van der Waals surface area contributed by atoms with Crippen molar-refractivity contribution in [2.75, 3.05) is 19.8 Å². The van der Waals surface area contributed by atoms with Crippen molar-refractivity contribution in [1.82, 2.24) is 5.32 Å². The molecule has 0 aromatic heterocycles. The molecule has 5 heteroatoms. The summed E-state index contributed by atoms with van der Waals surface area (Å²) in [6.45, 7) is 4.09. The first-order chi connectivity index (χ1) is 12.6. The molecule has 0 aliphatic heterocycles. The Morgan fingerprint density at radius 3 is 2.38 bits per heavy atom. The Hall–Kier alpha value is -2.82. The first-order valence-electron chi connectivity index (χ1n) is 8.74. The van der Waals surface area contributed by atoms with Crippen LogP contribution >= 0.6 is 0 Å². The average molecular weight is 355 g/mol. The summed E-state index contributed by atoms with van der Waals surface area (Å²) in [5.41, 5.74) is 2.17. The smallest absolute Gasteiger partial charge is 0.344 e. The molecule has 0 radical (unpaired) electrons. The maximum Gasteiger partial charge on any atom is 0.344 e. The number of benzene rings is 2. The number of amides is 1. The zero-order valence-electron chi connectivity index (χ0n) is 15.2. The summed E-state index contributed by atoms with van der Waals surface area (Å²) < 4.78 is 10.5. The molecule has 138 valence electrons. The van der Waals surface area contributed by atoms with Crippen molar-refractivity contribution in [2.24, 2.45) is 0 Å². The van der Waals surface area contributed by atoms with Gasteiger partial charge in [-0.2, -0.15) is 0 Å². The van der Waals surface area contributed by atoms with E-state index in [0.717, 1.165) is 17.5 Å². The average Bonchev–Trinajstić information content (AvgIpc) is 2.65. The van der Waals surface area contributed by atoms with Crippen molar-refractivity contribution in [3.05, 3.63) is 65.7 Å². The predicted molar refractivity (Wildman–Crippen MR) is 100 cm³/mol. The molecule has 0 atom stereocenters. The van der Waals surface area contributed by atoms with Crippen molar-refractivity contribution in [3.8, 4) is 5.75 Å². The third kappa shape index (κ3) is 6.59. The summed E-state index contributed by atoms with van der Waals surface area (Å²) >= 11 is 0. The van der Waals surface area contributed by atoms with Gasteiger partial charge in [-0.25, -0.2) is 4.79 Å². The van der Waals surface area contributed by atoms with Crippen molar-refractivity contribution in [1.29, 1.82) is 0 Å². The highest BCUT2D eigenvalue weighted by molar-refractivity contribution is 5.80. The molecular formula is C21H25NO4. The highest BCUT2D eigenvalue weighted by Gasteiger charge is 2.11. The van der Waals surface area contributed by atoms with Gasteiger partial charge in [0.15, 0.2) is 13.2 Å². The summed E-state index contributed by atoms with van der Waals surface area (Å²) in [6, 6.07) is 17.4. The van der Waals surface area contributed by atoms with Gasteiger partial charge in [0.2, 0.25) is 0 Å². The summed E-state index contributed by atoms with van der Waals surface area (Å²) in [5.74, 6) is 0.0583. The lowest BCUT2D eigenvalue weighted by Crippen LogP contribution is -2.31. The third-order valence-electron chi connectivity index (χ3n) is 3.83. The standard InChI is InChI=1S/C21H25NO4/c1-16(2)18-10-6-7-11-19(18)25-15-21(24)26-14-20(23)22-13-12-17-8-4-3-5-9-17/h3-11,16H,12-15H2,1-2H3,(H,22,23). The Morgan fingerprint density at radius 1 is 0.962 bits per heavy atom. The van der Waals surface area contributed by atoms with Crippen LogP contribution in [0.25, 0.3) is 0 Å². The molecule has 0 spiro atoms. The lowest BCUT2D eigenvalue weighted by atomic mass is 10.0. The van der Waals surface area contributed by atoms with Crippen molar-refractivity contribution in [3.63, 3.8) is 0 Å². The van der Waals surface area contributed by atoms with Crippen LogP contribution in [0.3, 0.4) is 0 Å². The van der Waals surface area contributed by atoms with Crippen LogP contribution in [0.2, 0.25) is 0 Å². The molecule has 0 heterocycles. The Bertz CT molecular complexity index is 713. The quantitative estimate of drug-likeness (QED) is 0.702. The molecule has 0 fully saturated rings. The van der Waals surface area contributed by atoms with Gasteiger partial charge in [-0.15, -0.1) is 0 Å². The second-order valence-electron chi connectivity index (χ2n) is 6.23. The van der Waals surface area contributed by atoms with Crippen LogP contribution in [0.4, 0.5) is 0 Å². The topological polar surface area (TPSA) is 64.6 Å². The number of carbonyl (C=O) groups excluding carboxylic acids is 2. The molecule has 26 heavy (non-hydrogen) atoms. The third-order valence-corrected chi connectivity index (χ3v) is 3.83. The minimum absolute atomic E-state index is 0.221. The number of rotatable bonds is 9. The number of carbonyl (C=O) groups is 2. The molecule has 0 bridgehead atoms. The molecule has 1 N–H and O–H groups in total. The van der Waals surface area contributed by atoms with E-state index in [4.69, 9.17) is 9.47 Å². The second kappa shape index (κ2) is 10.2. The van der Waals surface area contributed by atoms with Crippen molar-refractivity contribution >= 4 is 11.9 Å². The number of esters is 1. The fourth-order valence-electron chi connectivity index (χ4n) is 2.46. The van der Waals surface area contributed by atoms with Crippen LogP contribution in [0, 0.1) is 0 Å². The highest BCUT2D eigenvalue weighted by Crippen LogP contribution is 2.25.